The lowest BCUT2D eigenvalue weighted by Crippen LogP contribution is -2.32. The second kappa shape index (κ2) is 4.07. The van der Waals surface area contributed by atoms with E-state index in [1.165, 1.54) is 32.4 Å². The van der Waals surface area contributed by atoms with E-state index in [9.17, 15) is 0 Å². The summed E-state index contributed by atoms with van der Waals surface area (Å²) >= 11 is 0. The van der Waals surface area contributed by atoms with Gasteiger partial charge in [0.1, 0.15) is 0 Å². The number of rotatable bonds is 2. The highest BCUT2D eigenvalue weighted by molar-refractivity contribution is 4.72. The Labute approximate surface area is 69.8 Å². The van der Waals surface area contributed by atoms with Crippen LogP contribution in [0.5, 0.6) is 0 Å². The molecule has 1 atom stereocenters. The molecule has 0 bridgehead atoms. The van der Waals surface area contributed by atoms with Crippen molar-refractivity contribution in [2.45, 2.75) is 32.2 Å². The maximum absolute atomic E-state index is 5.74. The molecule has 1 rings (SSSR count). The Morgan fingerprint density at radius 1 is 1.45 bits per heavy atom. The first-order valence-electron chi connectivity index (χ1n) is 4.62. The zero-order valence-corrected chi connectivity index (χ0v) is 7.71. The zero-order valence-electron chi connectivity index (χ0n) is 7.71. The van der Waals surface area contributed by atoms with E-state index >= 15 is 0 Å². The summed E-state index contributed by atoms with van der Waals surface area (Å²) in [4.78, 5) is 2.40. The van der Waals surface area contributed by atoms with Crippen LogP contribution in [-0.4, -0.2) is 31.1 Å². The molecule has 2 nitrogen and oxygen atoms in total. The minimum Gasteiger partial charge on any atom is -0.328 e. The molecule has 2 heteroatoms. The first-order chi connectivity index (χ1) is 5.18. The van der Waals surface area contributed by atoms with Gasteiger partial charge >= 0.3 is 0 Å². The standard InChI is InChI=1S/C9H20N2/c1-8(10)7-9-3-5-11(2)6-4-9/h8-9H,3-7,10H2,1-2H3. The second-order valence-corrected chi connectivity index (χ2v) is 3.96. The van der Waals surface area contributed by atoms with Crippen molar-refractivity contribution in [3.8, 4) is 0 Å². The van der Waals surface area contributed by atoms with E-state index in [1.807, 2.05) is 0 Å². The molecule has 0 spiro atoms. The van der Waals surface area contributed by atoms with Crippen molar-refractivity contribution in [1.29, 1.82) is 0 Å². The predicted octanol–water partition coefficient (Wildman–Crippen LogP) is 1.07. The minimum atomic E-state index is 0.392. The Morgan fingerprint density at radius 2 is 2.00 bits per heavy atom. The van der Waals surface area contributed by atoms with E-state index in [1.54, 1.807) is 0 Å². The van der Waals surface area contributed by atoms with Crippen LogP contribution < -0.4 is 5.73 Å². The summed E-state index contributed by atoms with van der Waals surface area (Å²) in [6.07, 6.45) is 3.91. The zero-order chi connectivity index (χ0) is 8.27. The average molecular weight is 156 g/mol. The smallest absolute Gasteiger partial charge is 0.00131 e. The van der Waals surface area contributed by atoms with Gasteiger partial charge in [0, 0.05) is 6.04 Å². The highest BCUT2D eigenvalue weighted by Gasteiger charge is 2.17. The van der Waals surface area contributed by atoms with E-state index in [0.29, 0.717) is 6.04 Å². The van der Waals surface area contributed by atoms with Gasteiger partial charge in [0.2, 0.25) is 0 Å². The SMILES string of the molecule is CC(N)CC1CCN(C)CC1. The molecule has 0 aromatic heterocycles. The molecule has 0 amide bonds. The number of piperidine rings is 1. The molecule has 11 heavy (non-hydrogen) atoms. The van der Waals surface area contributed by atoms with Crippen LogP contribution in [0.25, 0.3) is 0 Å². The van der Waals surface area contributed by atoms with Crippen LogP contribution in [0.2, 0.25) is 0 Å². The highest BCUT2D eigenvalue weighted by Crippen LogP contribution is 2.19. The van der Waals surface area contributed by atoms with Crippen molar-refractivity contribution in [2.75, 3.05) is 20.1 Å². The number of likely N-dealkylation sites (tertiary alicyclic amines) is 1. The summed E-state index contributed by atoms with van der Waals surface area (Å²) in [5.41, 5.74) is 5.74. The molecule has 1 aliphatic heterocycles. The molecule has 0 aromatic rings. The van der Waals surface area contributed by atoms with Crippen LogP contribution in [0.1, 0.15) is 26.2 Å². The van der Waals surface area contributed by atoms with Crippen molar-refractivity contribution >= 4 is 0 Å². The lowest BCUT2D eigenvalue weighted by Gasteiger charge is -2.29. The third-order valence-corrected chi connectivity index (χ3v) is 2.54. The molecule has 0 saturated carbocycles. The summed E-state index contributed by atoms with van der Waals surface area (Å²) in [7, 11) is 2.20. The highest BCUT2D eigenvalue weighted by atomic mass is 15.1. The Hall–Kier alpha value is -0.0800. The fourth-order valence-corrected chi connectivity index (χ4v) is 1.82. The van der Waals surface area contributed by atoms with Gasteiger partial charge in [-0.05, 0) is 52.2 Å². The van der Waals surface area contributed by atoms with E-state index in [4.69, 9.17) is 5.73 Å². The third-order valence-electron chi connectivity index (χ3n) is 2.54. The first kappa shape index (κ1) is 9.01. The van der Waals surface area contributed by atoms with E-state index in [0.717, 1.165) is 5.92 Å². The molecule has 1 unspecified atom stereocenters. The quantitative estimate of drug-likeness (QED) is 0.648. The number of nitrogens with zero attached hydrogens (tertiary/aromatic N) is 1. The van der Waals surface area contributed by atoms with Crippen LogP contribution in [0.15, 0.2) is 0 Å². The lowest BCUT2D eigenvalue weighted by atomic mass is 9.91. The summed E-state index contributed by atoms with van der Waals surface area (Å²) in [5.74, 6) is 0.895. The van der Waals surface area contributed by atoms with Gasteiger partial charge in [0.05, 0.1) is 0 Å². The van der Waals surface area contributed by atoms with Crippen molar-refractivity contribution in [3.05, 3.63) is 0 Å². The monoisotopic (exact) mass is 156 g/mol. The first-order valence-corrected chi connectivity index (χ1v) is 4.62. The molecule has 0 aromatic carbocycles. The molecular weight excluding hydrogens is 136 g/mol. The second-order valence-electron chi connectivity index (χ2n) is 3.96. The van der Waals surface area contributed by atoms with Gasteiger partial charge in [-0.25, -0.2) is 0 Å². The fraction of sp³-hybridized carbons (Fsp3) is 1.00. The minimum absolute atomic E-state index is 0.392. The number of nitrogens with two attached hydrogens (primary N) is 1. The molecule has 66 valence electrons. The Balaban J connectivity index is 2.17. The molecule has 2 N–H and O–H groups in total. The maximum atomic E-state index is 5.74. The van der Waals surface area contributed by atoms with Crippen molar-refractivity contribution in [3.63, 3.8) is 0 Å². The topological polar surface area (TPSA) is 29.3 Å². The summed E-state index contributed by atoms with van der Waals surface area (Å²) in [5, 5.41) is 0. The normalized spacial score (nSPS) is 25.4. The molecule has 0 radical (unpaired) electrons. The third kappa shape index (κ3) is 3.21. The summed E-state index contributed by atoms with van der Waals surface area (Å²) < 4.78 is 0. The van der Waals surface area contributed by atoms with Gasteiger partial charge in [-0.15, -0.1) is 0 Å². The lowest BCUT2D eigenvalue weighted by molar-refractivity contribution is 0.207. The summed E-state index contributed by atoms with van der Waals surface area (Å²) in [6, 6.07) is 0.392. The van der Waals surface area contributed by atoms with Crippen LogP contribution in [-0.2, 0) is 0 Å². The van der Waals surface area contributed by atoms with Crippen LogP contribution in [0.3, 0.4) is 0 Å². The molecule has 1 heterocycles. The van der Waals surface area contributed by atoms with Gasteiger partial charge in [-0.3, -0.25) is 0 Å². The molecular formula is C9H20N2. The van der Waals surface area contributed by atoms with Crippen LogP contribution >= 0.6 is 0 Å². The molecule has 1 saturated heterocycles. The molecule has 1 fully saturated rings. The van der Waals surface area contributed by atoms with E-state index in [2.05, 4.69) is 18.9 Å². The van der Waals surface area contributed by atoms with Gasteiger partial charge in [0.15, 0.2) is 0 Å². The van der Waals surface area contributed by atoms with Crippen LogP contribution in [0, 0.1) is 5.92 Å². The summed E-state index contributed by atoms with van der Waals surface area (Å²) in [6.45, 7) is 4.63. The van der Waals surface area contributed by atoms with Gasteiger partial charge < -0.3 is 10.6 Å². The van der Waals surface area contributed by atoms with Gasteiger partial charge in [0.25, 0.3) is 0 Å². The number of hydrogen-bond acceptors (Lipinski definition) is 2. The largest absolute Gasteiger partial charge is 0.328 e. The Kier molecular flexibility index (Phi) is 3.34. The molecule has 0 aliphatic carbocycles. The van der Waals surface area contributed by atoms with Gasteiger partial charge in [-0.1, -0.05) is 0 Å². The average Bonchev–Trinajstić information content (AvgIpc) is 1.93. The van der Waals surface area contributed by atoms with E-state index in [-0.39, 0.29) is 0 Å². The van der Waals surface area contributed by atoms with E-state index < -0.39 is 0 Å². The van der Waals surface area contributed by atoms with Crippen molar-refractivity contribution in [2.24, 2.45) is 11.7 Å². The van der Waals surface area contributed by atoms with Crippen molar-refractivity contribution in [1.82, 2.24) is 4.90 Å². The van der Waals surface area contributed by atoms with Gasteiger partial charge in [-0.2, -0.15) is 0 Å². The maximum Gasteiger partial charge on any atom is 0.00131 e. The molecule has 1 aliphatic rings. The van der Waals surface area contributed by atoms with Crippen LogP contribution in [0.4, 0.5) is 0 Å². The number of hydrogen-bond donors (Lipinski definition) is 1. The van der Waals surface area contributed by atoms with Crippen molar-refractivity contribution < 1.29 is 0 Å². The fourth-order valence-electron chi connectivity index (χ4n) is 1.82. The predicted molar refractivity (Wildman–Crippen MR) is 48.5 cm³/mol. The Bertz CT molecular complexity index is 104. The Morgan fingerprint density at radius 3 is 2.45 bits per heavy atom.